The lowest BCUT2D eigenvalue weighted by Crippen LogP contribution is -2.03. The number of aromatic hydroxyl groups is 1. The predicted molar refractivity (Wildman–Crippen MR) is 64.1 cm³/mol. The van der Waals surface area contributed by atoms with Crippen molar-refractivity contribution in [1.29, 1.82) is 0 Å². The Bertz CT molecular complexity index is 315. The number of hydrogen-bond acceptors (Lipinski definition) is 4. The molecule has 90 valence electrons. The fraction of sp³-hybridized carbons (Fsp3) is 0.500. The number of unbranched alkanes of at least 4 members (excludes halogenated alkanes) is 2. The van der Waals surface area contributed by atoms with Crippen LogP contribution in [0.25, 0.3) is 0 Å². The number of ether oxygens (including phenoxy) is 1. The van der Waals surface area contributed by atoms with Crippen LogP contribution in [0.5, 0.6) is 11.5 Å². The van der Waals surface area contributed by atoms with Gasteiger partial charge in [0.1, 0.15) is 17.2 Å². The van der Waals surface area contributed by atoms with E-state index in [1.165, 1.54) is 0 Å². The van der Waals surface area contributed by atoms with E-state index in [0.29, 0.717) is 11.4 Å². The van der Waals surface area contributed by atoms with Crippen LogP contribution in [0, 0.1) is 0 Å². The molecule has 0 aromatic heterocycles. The van der Waals surface area contributed by atoms with Gasteiger partial charge in [-0.1, -0.05) is 6.07 Å². The highest BCUT2D eigenvalue weighted by atomic mass is 16.5. The molecular weight excluding hydrogens is 206 g/mol. The third kappa shape index (κ3) is 3.62. The average molecular weight is 225 g/mol. The number of para-hydroxylation sites is 1. The molecule has 0 amide bonds. The quantitative estimate of drug-likeness (QED) is 0.490. The number of phenols is 1. The first-order valence-corrected chi connectivity index (χ1v) is 5.50. The highest BCUT2D eigenvalue weighted by molar-refractivity contribution is 5.65. The van der Waals surface area contributed by atoms with Crippen LogP contribution in [0.3, 0.4) is 0 Å². The maximum Gasteiger partial charge on any atom is 0.145 e. The van der Waals surface area contributed by atoms with Crippen molar-refractivity contribution < 1.29 is 14.9 Å². The first-order valence-electron chi connectivity index (χ1n) is 5.50. The number of aliphatic hydroxyl groups excluding tert-OH is 1. The van der Waals surface area contributed by atoms with E-state index in [1.807, 2.05) is 0 Å². The molecule has 0 saturated carbocycles. The highest BCUT2D eigenvalue weighted by Gasteiger charge is 2.06. The number of benzene rings is 1. The summed E-state index contributed by atoms with van der Waals surface area (Å²) in [7, 11) is 1.58. The van der Waals surface area contributed by atoms with Crippen LogP contribution in [-0.4, -0.2) is 30.5 Å². The molecule has 0 heterocycles. The SMILES string of the molecule is COc1cccc(O)c1NCCCCCO. The zero-order valence-corrected chi connectivity index (χ0v) is 9.57. The van der Waals surface area contributed by atoms with Gasteiger partial charge in [0.05, 0.1) is 7.11 Å². The predicted octanol–water partition coefficient (Wildman–Crippen LogP) is 1.98. The standard InChI is InChI=1S/C12H19NO3/c1-16-11-7-5-6-10(15)12(11)13-8-3-2-4-9-14/h5-7,13-15H,2-4,8-9H2,1H3. The molecule has 1 aromatic carbocycles. The molecule has 0 aliphatic heterocycles. The van der Waals surface area contributed by atoms with E-state index in [1.54, 1.807) is 25.3 Å². The zero-order valence-electron chi connectivity index (χ0n) is 9.57. The van der Waals surface area contributed by atoms with E-state index >= 15 is 0 Å². The minimum Gasteiger partial charge on any atom is -0.506 e. The summed E-state index contributed by atoms with van der Waals surface area (Å²) < 4.78 is 5.14. The Morgan fingerprint density at radius 3 is 2.75 bits per heavy atom. The molecule has 0 unspecified atom stereocenters. The van der Waals surface area contributed by atoms with Crippen molar-refractivity contribution >= 4 is 5.69 Å². The number of nitrogens with one attached hydrogen (secondary N) is 1. The van der Waals surface area contributed by atoms with E-state index in [2.05, 4.69) is 5.32 Å². The van der Waals surface area contributed by atoms with Gasteiger partial charge in [-0.2, -0.15) is 0 Å². The van der Waals surface area contributed by atoms with Crippen molar-refractivity contribution in [3.63, 3.8) is 0 Å². The summed E-state index contributed by atoms with van der Waals surface area (Å²) in [6.45, 7) is 0.994. The van der Waals surface area contributed by atoms with Crippen molar-refractivity contribution in [1.82, 2.24) is 0 Å². The Morgan fingerprint density at radius 2 is 2.06 bits per heavy atom. The van der Waals surface area contributed by atoms with Gasteiger partial charge in [0, 0.05) is 13.2 Å². The van der Waals surface area contributed by atoms with Gasteiger partial charge >= 0.3 is 0 Å². The summed E-state index contributed by atoms with van der Waals surface area (Å²) >= 11 is 0. The first kappa shape index (κ1) is 12.6. The van der Waals surface area contributed by atoms with E-state index in [0.717, 1.165) is 25.8 Å². The third-order valence-corrected chi connectivity index (χ3v) is 2.36. The number of methoxy groups -OCH3 is 1. The van der Waals surface area contributed by atoms with Gasteiger partial charge in [0.15, 0.2) is 0 Å². The van der Waals surface area contributed by atoms with Gasteiger partial charge in [0.2, 0.25) is 0 Å². The molecule has 1 rings (SSSR count). The Labute approximate surface area is 95.9 Å². The van der Waals surface area contributed by atoms with E-state index in [9.17, 15) is 5.11 Å². The molecule has 0 fully saturated rings. The van der Waals surface area contributed by atoms with Crippen LogP contribution in [0.2, 0.25) is 0 Å². The molecule has 0 atom stereocenters. The fourth-order valence-electron chi connectivity index (χ4n) is 1.49. The smallest absolute Gasteiger partial charge is 0.145 e. The third-order valence-electron chi connectivity index (χ3n) is 2.36. The number of aliphatic hydroxyl groups is 1. The lowest BCUT2D eigenvalue weighted by molar-refractivity contribution is 0.283. The molecule has 1 aromatic rings. The summed E-state index contributed by atoms with van der Waals surface area (Å²) in [6.07, 6.45) is 2.75. The maximum absolute atomic E-state index is 9.64. The molecular formula is C12H19NO3. The molecule has 0 aliphatic carbocycles. The molecule has 3 N–H and O–H groups in total. The minimum atomic E-state index is 0.196. The van der Waals surface area contributed by atoms with Crippen LogP contribution >= 0.6 is 0 Å². The van der Waals surface area contributed by atoms with Gasteiger partial charge in [-0.15, -0.1) is 0 Å². The summed E-state index contributed by atoms with van der Waals surface area (Å²) in [5.74, 6) is 0.837. The number of anilines is 1. The van der Waals surface area contributed by atoms with Gasteiger partial charge in [-0.3, -0.25) is 0 Å². The van der Waals surface area contributed by atoms with Gasteiger partial charge in [-0.05, 0) is 31.4 Å². The summed E-state index contributed by atoms with van der Waals surface area (Å²) in [5, 5.41) is 21.4. The average Bonchev–Trinajstić information content (AvgIpc) is 2.30. The van der Waals surface area contributed by atoms with E-state index < -0.39 is 0 Å². The van der Waals surface area contributed by atoms with Crippen molar-refractivity contribution in [2.75, 3.05) is 25.6 Å². The Kier molecular flexibility index (Phi) is 5.50. The molecule has 0 saturated heterocycles. The van der Waals surface area contributed by atoms with Gasteiger partial charge in [0.25, 0.3) is 0 Å². The van der Waals surface area contributed by atoms with Crippen molar-refractivity contribution in [3.05, 3.63) is 18.2 Å². The van der Waals surface area contributed by atoms with Crippen molar-refractivity contribution in [2.45, 2.75) is 19.3 Å². The minimum absolute atomic E-state index is 0.196. The Morgan fingerprint density at radius 1 is 1.25 bits per heavy atom. The second-order valence-electron chi connectivity index (χ2n) is 3.57. The number of rotatable bonds is 7. The summed E-state index contributed by atoms with van der Waals surface area (Å²) in [5.41, 5.74) is 0.633. The normalized spacial score (nSPS) is 10.1. The molecule has 4 heteroatoms. The molecule has 0 aliphatic rings. The van der Waals surface area contributed by atoms with Crippen LogP contribution in [-0.2, 0) is 0 Å². The Hall–Kier alpha value is -1.42. The fourth-order valence-corrected chi connectivity index (χ4v) is 1.49. The maximum atomic E-state index is 9.64. The van der Waals surface area contributed by atoms with Crippen molar-refractivity contribution in [2.24, 2.45) is 0 Å². The highest BCUT2D eigenvalue weighted by Crippen LogP contribution is 2.32. The molecule has 0 bridgehead atoms. The Balaban J connectivity index is 2.46. The molecule has 0 spiro atoms. The molecule has 0 radical (unpaired) electrons. The second-order valence-corrected chi connectivity index (χ2v) is 3.57. The van der Waals surface area contributed by atoms with E-state index in [4.69, 9.17) is 9.84 Å². The molecule has 4 nitrogen and oxygen atoms in total. The summed E-state index contributed by atoms with van der Waals surface area (Å²) in [4.78, 5) is 0. The van der Waals surface area contributed by atoms with Crippen molar-refractivity contribution in [3.8, 4) is 11.5 Å². The second kappa shape index (κ2) is 6.95. The largest absolute Gasteiger partial charge is 0.506 e. The van der Waals surface area contributed by atoms with E-state index in [-0.39, 0.29) is 12.4 Å². The van der Waals surface area contributed by atoms with Crippen LogP contribution in [0.15, 0.2) is 18.2 Å². The lowest BCUT2D eigenvalue weighted by Gasteiger charge is -2.12. The van der Waals surface area contributed by atoms with Crippen LogP contribution in [0.1, 0.15) is 19.3 Å². The number of phenolic OH excluding ortho intramolecular Hbond substituents is 1. The molecule has 16 heavy (non-hydrogen) atoms. The van der Waals surface area contributed by atoms with Crippen LogP contribution in [0.4, 0.5) is 5.69 Å². The van der Waals surface area contributed by atoms with Gasteiger partial charge < -0.3 is 20.3 Å². The number of hydrogen-bond donors (Lipinski definition) is 3. The van der Waals surface area contributed by atoms with Crippen LogP contribution < -0.4 is 10.1 Å². The topological polar surface area (TPSA) is 61.7 Å². The lowest BCUT2D eigenvalue weighted by atomic mass is 10.2. The monoisotopic (exact) mass is 225 g/mol. The van der Waals surface area contributed by atoms with Gasteiger partial charge in [-0.25, -0.2) is 0 Å². The summed E-state index contributed by atoms with van der Waals surface area (Å²) in [6, 6.07) is 5.17. The zero-order chi connectivity index (χ0) is 11.8. The first-order chi connectivity index (χ1) is 7.79.